The van der Waals surface area contributed by atoms with E-state index in [0.717, 1.165) is 191 Å². The van der Waals surface area contributed by atoms with Gasteiger partial charge in [0.05, 0.1) is 49.9 Å². The lowest BCUT2D eigenvalue weighted by atomic mass is 9.98. The van der Waals surface area contributed by atoms with Gasteiger partial charge in [-0.2, -0.15) is 0 Å². The molecule has 10 aromatic rings. The number of halogens is 1. The van der Waals surface area contributed by atoms with E-state index in [2.05, 4.69) is 135 Å². The van der Waals surface area contributed by atoms with Crippen molar-refractivity contribution in [3.05, 3.63) is 186 Å². The number of hydrogen-bond acceptors (Lipinski definition) is 20. The third-order valence-electron chi connectivity index (χ3n) is 21.1. The lowest BCUT2D eigenvalue weighted by Gasteiger charge is -2.34. The molecule has 6 aromatic carbocycles. The first kappa shape index (κ1) is 80.5. The zero-order chi connectivity index (χ0) is 77.6. The molecule has 5 fully saturated rings. The van der Waals surface area contributed by atoms with E-state index < -0.39 is 45.9 Å². The third-order valence-corrected chi connectivity index (χ3v) is 26.6. The van der Waals surface area contributed by atoms with Crippen LogP contribution in [0.3, 0.4) is 0 Å². The third kappa shape index (κ3) is 21.1. The van der Waals surface area contributed by atoms with E-state index in [9.17, 15) is 38.1 Å². The van der Waals surface area contributed by atoms with Crippen LogP contribution < -0.4 is 38.5 Å². The number of anilines is 4. The van der Waals surface area contributed by atoms with E-state index in [1.807, 2.05) is 48.2 Å². The zero-order valence-corrected chi connectivity index (χ0v) is 66.3. The van der Waals surface area contributed by atoms with E-state index in [1.54, 1.807) is 55.4 Å². The number of benzene rings is 6. The molecule has 4 saturated heterocycles. The fraction of sp³-hybridized carbons (Fsp3) is 0.438. The Balaban J connectivity index is 0.000000137. The van der Waals surface area contributed by atoms with Crippen LogP contribution in [0, 0.1) is 63.8 Å². The highest BCUT2D eigenvalue weighted by molar-refractivity contribution is 7.90. The van der Waals surface area contributed by atoms with Crippen LogP contribution in [0.2, 0.25) is 0 Å². The second-order valence-electron chi connectivity index (χ2n) is 29.7. The van der Waals surface area contributed by atoms with Crippen LogP contribution in [-0.4, -0.2) is 164 Å². The summed E-state index contributed by atoms with van der Waals surface area (Å²) in [5.74, 6) is 3.79. The number of hydrogen-bond donors (Lipinski definition) is 4. The summed E-state index contributed by atoms with van der Waals surface area (Å²) in [7, 11) is -13.4. The topological polar surface area (TPSA) is 305 Å². The molecule has 1 aliphatic carbocycles. The molecule has 110 heavy (non-hydrogen) atoms. The van der Waals surface area contributed by atoms with Crippen LogP contribution in [0.1, 0.15) is 106 Å². The molecule has 0 bridgehead atoms. The van der Waals surface area contributed by atoms with Crippen LogP contribution in [-0.2, 0) is 40.1 Å². The van der Waals surface area contributed by atoms with Crippen LogP contribution >= 0.6 is 0 Å². The Labute approximate surface area is 645 Å². The predicted molar refractivity (Wildman–Crippen MR) is 433 cm³/mol. The lowest BCUT2D eigenvalue weighted by Crippen LogP contribution is -2.43. The van der Waals surface area contributed by atoms with Gasteiger partial charge >= 0.3 is 0 Å². The maximum Gasteiger partial charge on any atom is 0.240 e. The van der Waals surface area contributed by atoms with Gasteiger partial charge in [-0.15, -0.1) is 0 Å². The van der Waals surface area contributed by atoms with Crippen LogP contribution in [0.5, 0.6) is 0 Å². The Hall–Kier alpha value is -9.06. The molecule has 25 nitrogen and oxygen atoms in total. The van der Waals surface area contributed by atoms with Crippen molar-refractivity contribution in [1.29, 1.82) is 0 Å². The Kier molecular flexibility index (Phi) is 26.6. The highest BCUT2D eigenvalue weighted by Gasteiger charge is 2.32. The maximum atomic E-state index is 14.0. The SMILES string of the molecule is Cc1ccc(S(=O)(=O)NCC2CCCN(c3ncnc4ccc(C)cc34)C2)cc1.Cc1ccc2ncnc(N3CCCC(CNS(=O)(=O)C4CCCCC4)C3)c2c1.Cc1ccc2ncnc(N3CCCC(CNS(=O)(=O)c4ccccc4)C3)c2c1.[C-]#[N+]c1cc2ncnc(N3CCCC(CNS(C)(=O)=O)C3)c2cc1F. The van der Waals surface area contributed by atoms with E-state index in [0.29, 0.717) is 65.2 Å². The average molecular weight is 1570 g/mol. The van der Waals surface area contributed by atoms with E-state index >= 15 is 0 Å². The average Bonchev–Trinajstić information content (AvgIpc) is 0.793. The molecule has 30 heteroatoms. The van der Waals surface area contributed by atoms with Crippen molar-refractivity contribution in [3.8, 4) is 0 Å². The molecule has 4 unspecified atom stereocenters. The summed E-state index contributed by atoms with van der Waals surface area (Å²) in [6.07, 6.45) is 20.1. The molecule has 8 heterocycles. The summed E-state index contributed by atoms with van der Waals surface area (Å²) in [5, 5.41) is 3.53. The lowest BCUT2D eigenvalue weighted by molar-refractivity contribution is 0.406. The first-order valence-electron chi connectivity index (χ1n) is 37.8. The first-order chi connectivity index (χ1) is 52.8. The second kappa shape index (κ2) is 36.4. The minimum absolute atomic E-state index is 0.0639. The van der Waals surface area contributed by atoms with Gasteiger partial charge in [0.1, 0.15) is 54.4 Å². The van der Waals surface area contributed by atoms with Crippen LogP contribution in [0.4, 0.5) is 33.3 Å². The van der Waals surface area contributed by atoms with Crippen molar-refractivity contribution in [2.24, 2.45) is 23.7 Å². The second-order valence-corrected chi connectivity index (χ2v) is 37.1. The molecule has 4 aliphatic heterocycles. The van der Waals surface area contributed by atoms with E-state index in [4.69, 9.17) is 6.57 Å². The van der Waals surface area contributed by atoms with Gasteiger partial charge in [0.25, 0.3) is 0 Å². The molecule has 15 rings (SSSR count). The van der Waals surface area contributed by atoms with Gasteiger partial charge in [0.2, 0.25) is 45.8 Å². The fourth-order valence-corrected chi connectivity index (χ4v) is 19.7. The summed E-state index contributed by atoms with van der Waals surface area (Å²) in [4.78, 5) is 47.8. The molecule has 582 valence electrons. The minimum Gasteiger partial charge on any atom is -0.356 e. The molecule has 0 radical (unpaired) electrons. The maximum absolute atomic E-state index is 14.0. The summed E-state index contributed by atoms with van der Waals surface area (Å²) in [6.45, 7) is 23.4. The van der Waals surface area contributed by atoms with Crippen molar-refractivity contribution in [1.82, 2.24) is 58.8 Å². The molecule has 0 amide bonds. The molecular formula is C80H98FN17O8S4. The van der Waals surface area contributed by atoms with Crippen LogP contribution in [0.25, 0.3) is 48.5 Å². The number of nitrogens with zero attached hydrogens (tertiary/aromatic N) is 13. The highest BCUT2D eigenvalue weighted by atomic mass is 32.2. The summed E-state index contributed by atoms with van der Waals surface area (Å²) in [6, 6.07) is 36.8. The number of piperidine rings is 4. The van der Waals surface area contributed by atoms with E-state index in [1.165, 1.54) is 35.2 Å². The Morgan fingerprint density at radius 2 is 0.755 bits per heavy atom. The summed E-state index contributed by atoms with van der Waals surface area (Å²) < 4.78 is 123. The zero-order valence-electron chi connectivity index (χ0n) is 63.0. The van der Waals surface area contributed by atoms with E-state index in [-0.39, 0.29) is 28.7 Å². The molecule has 0 spiro atoms. The number of aryl methyl sites for hydroxylation is 4. The number of rotatable bonds is 19. The molecule has 1 saturated carbocycles. The largest absolute Gasteiger partial charge is 0.356 e. The molecule has 4 aromatic heterocycles. The van der Waals surface area contributed by atoms with Gasteiger partial charge in [-0.3, -0.25) is 0 Å². The van der Waals surface area contributed by atoms with Gasteiger partial charge in [-0.25, -0.2) is 102 Å². The Morgan fingerprint density at radius 3 is 1.15 bits per heavy atom. The van der Waals surface area contributed by atoms with Gasteiger partial charge in [-0.1, -0.05) is 90.0 Å². The minimum atomic E-state index is -3.49. The number of fused-ring (bicyclic) bond motifs is 4. The van der Waals surface area contributed by atoms with Gasteiger partial charge < -0.3 is 19.6 Å². The fourth-order valence-electron chi connectivity index (χ4n) is 15.2. The van der Waals surface area contributed by atoms with Crippen molar-refractivity contribution in [2.75, 3.05) is 104 Å². The highest BCUT2D eigenvalue weighted by Crippen LogP contribution is 2.35. The Bertz CT molecular complexity index is 5380. The molecule has 4 N–H and O–H groups in total. The first-order valence-corrected chi connectivity index (χ1v) is 44.3. The predicted octanol–water partition coefficient (Wildman–Crippen LogP) is 12.1. The standard InChI is InChI=1S/C22H26N4O2S.C21H30N4O2S.C21H24N4O2S.C16H18FN5O2S/c1-16-5-8-19(9-6-16)29(27,28)25-13-18-4-3-11-26(14-18)22-20-12-17(2)7-10-21(20)23-15-24-22;2*1-16-9-10-20-19(12-16)21(23-15-22-20)25-11-5-6-17(14-25)13-24-28(26,27)18-7-3-2-4-8-18;1-18-15-7-14-12(6-13(15)17)16(20-10-19-14)22-5-3-4-11(9-22)8-21-25(2,23)24/h5-10,12,15,18,25H,3-4,11,13-14H2,1-2H3;9-10,12,15,17-18,24H,2-8,11,13-14H2,1H3;2-4,7-10,12,15,17,24H,5-6,11,13-14H2,1H3;6-7,10-11,21H,3-5,8-9H2,2H3. The monoisotopic (exact) mass is 1570 g/mol. The number of aromatic nitrogens is 8. The van der Waals surface area contributed by atoms with Crippen molar-refractivity contribution in [3.63, 3.8) is 0 Å². The smallest absolute Gasteiger partial charge is 0.240 e. The van der Waals surface area contributed by atoms with Gasteiger partial charge in [0, 0.05) is 100 Å². The molecule has 4 atom stereocenters. The summed E-state index contributed by atoms with van der Waals surface area (Å²) >= 11 is 0. The summed E-state index contributed by atoms with van der Waals surface area (Å²) in [5.41, 5.74) is 7.86. The quantitative estimate of drug-likeness (QED) is 0.0547. The van der Waals surface area contributed by atoms with Gasteiger partial charge in [0.15, 0.2) is 0 Å². The molecular weight excluding hydrogens is 1470 g/mol. The van der Waals surface area contributed by atoms with Crippen LogP contribution in [0.15, 0.2) is 156 Å². The van der Waals surface area contributed by atoms with Crippen molar-refractivity contribution < 1.29 is 38.1 Å². The normalized spacial score (nSPS) is 18.9. The van der Waals surface area contributed by atoms with Crippen molar-refractivity contribution >= 4 is 113 Å². The van der Waals surface area contributed by atoms with Crippen molar-refractivity contribution in [2.45, 2.75) is 126 Å². The number of nitrogens with one attached hydrogen (secondary N) is 4. The Morgan fingerprint density at radius 1 is 0.400 bits per heavy atom. The number of sulfonamides is 4. The van der Waals surface area contributed by atoms with Gasteiger partial charge in [-0.05, 0) is 188 Å². The molecule has 5 aliphatic rings.